The van der Waals surface area contributed by atoms with Gasteiger partial charge < -0.3 is 11.1 Å². The molecule has 1 rings (SSSR count). The Hall–Kier alpha value is -1.63. The summed E-state index contributed by atoms with van der Waals surface area (Å²) in [6.07, 6.45) is -4.26. The van der Waals surface area contributed by atoms with Crippen molar-refractivity contribution in [3.8, 4) is 0 Å². The van der Waals surface area contributed by atoms with Crippen LogP contribution in [-0.4, -0.2) is 11.4 Å². The molecule has 0 saturated carbocycles. The van der Waals surface area contributed by atoms with Crippen molar-refractivity contribution in [2.24, 2.45) is 5.73 Å². The molecule has 0 atom stereocenters. The van der Waals surface area contributed by atoms with Crippen molar-refractivity contribution >= 4 is 11.6 Å². The largest absolute Gasteiger partial charge is 0.416 e. The van der Waals surface area contributed by atoms with Gasteiger partial charge in [0, 0.05) is 12.0 Å². The van der Waals surface area contributed by atoms with Crippen LogP contribution in [0.4, 0.5) is 23.2 Å². The molecule has 0 unspecified atom stereocenters. The summed E-state index contributed by atoms with van der Waals surface area (Å²) >= 11 is 0. The minimum absolute atomic E-state index is 0.000808. The van der Waals surface area contributed by atoms with Crippen molar-refractivity contribution in [1.82, 2.24) is 0 Å². The maximum absolute atomic E-state index is 13.4. The summed E-state index contributed by atoms with van der Waals surface area (Å²) in [5, 5.41) is 2.13. The monoisotopic (exact) mass is 292 g/mol. The second-order valence-electron chi connectivity index (χ2n) is 5.23. The summed E-state index contributed by atoms with van der Waals surface area (Å²) in [5.41, 5.74) is 3.60. The topological polar surface area (TPSA) is 55.1 Å². The quantitative estimate of drug-likeness (QED) is 0.837. The van der Waals surface area contributed by atoms with Crippen molar-refractivity contribution in [2.45, 2.75) is 38.4 Å². The van der Waals surface area contributed by atoms with E-state index in [9.17, 15) is 22.4 Å². The number of hydrogen-bond donors (Lipinski definition) is 2. The van der Waals surface area contributed by atoms with E-state index in [0.29, 0.717) is 24.6 Å². The number of carbonyl (C=O) groups excluding carboxylic acids is 1. The number of nitrogens with one attached hydrogen (secondary N) is 1. The van der Waals surface area contributed by atoms with E-state index in [4.69, 9.17) is 5.73 Å². The molecule has 112 valence electrons. The van der Waals surface area contributed by atoms with Gasteiger partial charge in [-0.15, -0.1) is 0 Å². The van der Waals surface area contributed by atoms with Crippen LogP contribution in [0.15, 0.2) is 18.2 Å². The van der Waals surface area contributed by atoms with Crippen LogP contribution in [-0.2, 0) is 11.0 Å². The molecule has 0 spiro atoms. The van der Waals surface area contributed by atoms with Gasteiger partial charge in [0.15, 0.2) is 0 Å². The Morgan fingerprint density at radius 2 is 1.90 bits per heavy atom. The Bertz CT molecular complexity index is 492. The Morgan fingerprint density at radius 1 is 1.30 bits per heavy atom. The van der Waals surface area contributed by atoms with Crippen LogP contribution in [0.25, 0.3) is 0 Å². The third-order valence-electron chi connectivity index (χ3n) is 2.56. The van der Waals surface area contributed by atoms with Gasteiger partial charge in [0.2, 0.25) is 5.91 Å². The minimum atomic E-state index is -4.59. The molecule has 1 amide bonds. The van der Waals surface area contributed by atoms with Crippen molar-refractivity contribution in [3.63, 3.8) is 0 Å². The van der Waals surface area contributed by atoms with E-state index >= 15 is 0 Å². The number of benzene rings is 1. The van der Waals surface area contributed by atoms with Crippen LogP contribution in [0.5, 0.6) is 0 Å². The van der Waals surface area contributed by atoms with Crippen molar-refractivity contribution in [3.05, 3.63) is 29.6 Å². The van der Waals surface area contributed by atoms with E-state index in [0.717, 1.165) is 0 Å². The van der Waals surface area contributed by atoms with Crippen molar-refractivity contribution in [1.29, 1.82) is 0 Å². The molecule has 0 fully saturated rings. The second-order valence-corrected chi connectivity index (χ2v) is 5.23. The maximum Gasteiger partial charge on any atom is 0.416 e. The summed E-state index contributed by atoms with van der Waals surface area (Å²) in [4.78, 5) is 11.6. The molecule has 1 aromatic rings. The Kier molecular flexibility index (Phi) is 4.75. The van der Waals surface area contributed by atoms with E-state index in [1.54, 1.807) is 13.8 Å². The van der Waals surface area contributed by atoms with Crippen LogP contribution in [0.2, 0.25) is 0 Å². The molecule has 1 aromatic carbocycles. The third-order valence-corrected chi connectivity index (χ3v) is 2.56. The van der Waals surface area contributed by atoms with Gasteiger partial charge in [-0.2, -0.15) is 13.2 Å². The molecule has 3 nitrogen and oxygen atoms in total. The lowest BCUT2D eigenvalue weighted by molar-refractivity contribution is -0.137. The molecule has 7 heteroatoms. The number of alkyl halides is 3. The van der Waals surface area contributed by atoms with Gasteiger partial charge in [-0.25, -0.2) is 4.39 Å². The van der Waals surface area contributed by atoms with E-state index in [2.05, 4.69) is 5.32 Å². The fraction of sp³-hybridized carbons (Fsp3) is 0.462. The number of halogens is 4. The lowest BCUT2D eigenvalue weighted by atomic mass is 10.00. The molecule has 0 aliphatic carbocycles. The summed E-state index contributed by atoms with van der Waals surface area (Å²) in [7, 11) is 0. The first-order valence-electron chi connectivity index (χ1n) is 5.94. The fourth-order valence-corrected chi connectivity index (χ4v) is 1.45. The number of hydrogen-bond acceptors (Lipinski definition) is 2. The molecular weight excluding hydrogens is 276 g/mol. The highest BCUT2D eigenvalue weighted by Gasteiger charge is 2.31. The lowest BCUT2D eigenvalue weighted by Gasteiger charge is -2.17. The summed E-state index contributed by atoms with van der Waals surface area (Å²) < 4.78 is 50.9. The predicted molar refractivity (Wildman–Crippen MR) is 67.5 cm³/mol. The zero-order chi connectivity index (χ0) is 15.6. The van der Waals surface area contributed by atoms with Crippen LogP contribution in [0.1, 0.15) is 32.3 Å². The number of carbonyl (C=O) groups is 1. The average Bonchev–Trinajstić information content (AvgIpc) is 2.27. The molecule has 0 aliphatic rings. The molecule has 0 heterocycles. The second kappa shape index (κ2) is 5.78. The smallest absolute Gasteiger partial charge is 0.326 e. The third kappa shape index (κ3) is 5.16. The van der Waals surface area contributed by atoms with Crippen LogP contribution in [0, 0.1) is 5.82 Å². The van der Waals surface area contributed by atoms with E-state index in [1.807, 2.05) is 0 Å². The van der Waals surface area contributed by atoms with E-state index < -0.39 is 34.7 Å². The van der Waals surface area contributed by atoms with Crippen LogP contribution >= 0.6 is 0 Å². The Morgan fingerprint density at radius 3 is 2.40 bits per heavy atom. The van der Waals surface area contributed by atoms with Gasteiger partial charge in [0.1, 0.15) is 5.82 Å². The highest BCUT2D eigenvalue weighted by Crippen LogP contribution is 2.31. The first kappa shape index (κ1) is 16.4. The van der Waals surface area contributed by atoms with Gasteiger partial charge in [0.25, 0.3) is 0 Å². The van der Waals surface area contributed by atoms with Gasteiger partial charge in [-0.3, -0.25) is 4.79 Å². The zero-order valence-electron chi connectivity index (χ0n) is 11.1. The number of rotatable bonds is 4. The fourth-order valence-electron chi connectivity index (χ4n) is 1.45. The Labute approximate surface area is 114 Å². The summed E-state index contributed by atoms with van der Waals surface area (Å²) in [6.45, 7) is 3.43. The predicted octanol–water partition coefficient (Wildman–Crippen LogP) is 3.30. The van der Waals surface area contributed by atoms with E-state index in [1.165, 1.54) is 0 Å². The average molecular weight is 292 g/mol. The van der Waals surface area contributed by atoms with Gasteiger partial charge in [-0.05, 0) is 38.5 Å². The normalized spacial score (nSPS) is 12.3. The summed E-state index contributed by atoms with van der Waals surface area (Å²) in [6, 6.07) is 1.86. The number of amides is 1. The van der Waals surface area contributed by atoms with Gasteiger partial charge in [0.05, 0.1) is 11.3 Å². The van der Waals surface area contributed by atoms with Crippen LogP contribution < -0.4 is 11.1 Å². The maximum atomic E-state index is 13.4. The van der Waals surface area contributed by atoms with E-state index in [-0.39, 0.29) is 6.42 Å². The molecule has 0 aliphatic heterocycles. The molecular formula is C13H16F4N2O. The highest BCUT2D eigenvalue weighted by molar-refractivity contribution is 5.91. The first-order chi connectivity index (χ1) is 8.99. The van der Waals surface area contributed by atoms with Gasteiger partial charge >= 0.3 is 6.18 Å². The minimum Gasteiger partial charge on any atom is -0.326 e. The Balaban J connectivity index is 2.79. The van der Waals surface area contributed by atoms with Crippen LogP contribution in [0.3, 0.4) is 0 Å². The molecule has 20 heavy (non-hydrogen) atoms. The lowest BCUT2D eigenvalue weighted by Crippen LogP contribution is -2.33. The molecule has 0 bridgehead atoms. The molecule has 0 aromatic heterocycles. The molecule has 0 radical (unpaired) electrons. The number of nitrogens with two attached hydrogens (primary N) is 1. The highest BCUT2D eigenvalue weighted by atomic mass is 19.4. The zero-order valence-corrected chi connectivity index (χ0v) is 11.1. The first-order valence-corrected chi connectivity index (χ1v) is 5.94. The van der Waals surface area contributed by atoms with Gasteiger partial charge in [-0.1, -0.05) is 0 Å². The standard InChI is InChI=1S/C13H16F4N2O/c1-12(2,18)6-5-11(20)19-10-7-8(13(15,16)17)3-4-9(10)14/h3-4,7H,5-6,18H2,1-2H3,(H,19,20). The SMILES string of the molecule is CC(C)(N)CCC(=O)Nc1cc(C(F)(F)F)ccc1F. The van der Waals surface area contributed by atoms with Crippen molar-refractivity contribution < 1.29 is 22.4 Å². The molecule has 0 saturated heterocycles. The van der Waals surface area contributed by atoms with Crippen molar-refractivity contribution in [2.75, 3.05) is 5.32 Å². The molecule has 3 N–H and O–H groups in total. The number of anilines is 1. The summed E-state index contributed by atoms with van der Waals surface area (Å²) in [5.74, 6) is -1.50.